The minimum Gasteiger partial charge on any atom is -0.270 e. The smallest absolute Gasteiger partial charge is 0.270 e. The van der Waals surface area contributed by atoms with Gasteiger partial charge in [0, 0.05) is 14.1 Å². The lowest BCUT2D eigenvalue weighted by Gasteiger charge is -2.36. The van der Waals surface area contributed by atoms with Crippen LogP contribution in [0.5, 0.6) is 0 Å². The van der Waals surface area contributed by atoms with Crippen molar-refractivity contribution in [3.8, 4) is 0 Å². The molecule has 1 heterocycles. The van der Waals surface area contributed by atoms with Crippen molar-refractivity contribution in [2.75, 3.05) is 20.6 Å². The van der Waals surface area contributed by atoms with Crippen molar-refractivity contribution in [2.24, 2.45) is 0 Å². The molecule has 6 nitrogen and oxygen atoms in total. The Balaban J connectivity index is 2.00. The van der Waals surface area contributed by atoms with Crippen LogP contribution in [0.25, 0.3) is 0 Å². The lowest BCUT2D eigenvalue weighted by Crippen LogP contribution is -2.59. The molecule has 3 amide bonds. The topological polar surface area (TPSA) is 53.1 Å². The predicted octanol–water partition coefficient (Wildman–Crippen LogP) is 0.859. The van der Waals surface area contributed by atoms with Gasteiger partial charge in [0.1, 0.15) is 6.61 Å². The van der Waals surface area contributed by atoms with Crippen molar-refractivity contribution < 1.29 is 14.4 Å². The number of rotatable bonds is 3. The van der Waals surface area contributed by atoms with Crippen LogP contribution in [-0.2, 0) is 16.2 Å². The molecule has 96 valence electrons. The van der Waals surface area contributed by atoms with Gasteiger partial charge in [0.2, 0.25) is 0 Å². The van der Waals surface area contributed by atoms with E-state index in [4.69, 9.17) is 4.84 Å². The average molecular weight is 249 g/mol. The van der Waals surface area contributed by atoms with E-state index in [1.807, 2.05) is 30.3 Å². The second kappa shape index (κ2) is 5.16. The molecule has 0 unspecified atom stereocenters. The number of hydrogen-bond acceptors (Lipinski definition) is 4. The number of benzene rings is 1. The van der Waals surface area contributed by atoms with Gasteiger partial charge in [-0.25, -0.2) is 9.80 Å². The van der Waals surface area contributed by atoms with Gasteiger partial charge in [-0.05, 0) is 5.56 Å². The van der Waals surface area contributed by atoms with Gasteiger partial charge in [0.15, 0.2) is 0 Å². The summed E-state index contributed by atoms with van der Waals surface area (Å²) in [4.78, 5) is 28.8. The molecule has 6 heteroatoms. The molecule has 0 saturated carbocycles. The summed E-state index contributed by atoms with van der Waals surface area (Å²) in [5.74, 6) is -0.364. The molecule has 18 heavy (non-hydrogen) atoms. The number of hydrogen-bond donors (Lipinski definition) is 0. The molecule has 1 aromatic carbocycles. The Hall–Kier alpha value is -1.92. The highest BCUT2D eigenvalue weighted by Gasteiger charge is 2.34. The number of hydroxylamine groups is 2. The third-order valence-corrected chi connectivity index (χ3v) is 2.76. The van der Waals surface area contributed by atoms with Gasteiger partial charge in [-0.15, -0.1) is 5.06 Å². The fourth-order valence-electron chi connectivity index (χ4n) is 1.59. The number of nitrogens with zero attached hydrogens (tertiary/aromatic N) is 3. The Morgan fingerprint density at radius 3 is 2.50 bits per heavy atom. The maximum atomic E-state index is 11.8. The molecular weight excluding hydrogens is 234 g/mol. The first-order valence-corrected chi connectivity index (χ1v) is 5.58. The Bertz CT molecular complexity index is 449. The highest BCUT2D eigenvalue weighted by molar-refractivity contribution is 5.95. The summed E-state index contributed by atoms with van der Waals surface area (Å²) in [7, 11) is 3.26. The van der Waals surface area contributed by atoms with Gasteiger partial charge < -0.3 is 0 Å². The maximum Gasteiger partial charge on any atom is 0.365 e. The zero-order chi connectivity index (χ0) is 13.1. The third kappa shape index (κ3) is 2.49. The summed E-state index contributed by atoms with van der Waals surface area (Å²) in [6.07, 6.45) is 0. The molecule has 0 N–H and O–H groups in total. The number of carbonyl (C=O) groups excluding carboxylic acids is 2. The first-order valence-electron chi connectivity index (χ1n) is 5.58. The standard InChI is InChI=1S/C12H15N3O3/c1-13-8-11(16)15(12(17)14(13)2)18-9-10-6-4-3-5-7-10/h3-7H,8-9H2,1-2H3. The lowest BCUT2D eigenvalue weighted by molar-refractivity contribution is -0.191. The molecule has 0 aromatic heterocycles. The van der Waals surface area contributed by atoms with E-state index < -0.39 is 6.03 Å². The monoisotopic (exact) mass is 249 g/mol. The van der Waals surface area contributed by atoms with E-state index in [2.05, 4.69) is 0 Å². The first-order chi connectivity index (χ1) is 8.59. The minimum absolute atomic E-state index is 0.122. The molecule has 0 radical (unpaired) electrons. The maximum absolute atomic E-state index is 11.8. The quantitative estimate of drug-likeness (QED) is 0.797. The third-order valence-electron chi connectivity index (χ3n) is 2.76. The molecule has 1 aliphatic rings. The van der Waals surface area contributed by atoms with E-state index in [0.717, 1.165) is 10.6 Å². The van der Waals surface area contributed by atoms with Crippen LogP contribution in [0.15, 0.2) is 30.3 Å². The fraction of sp³-hybridized carbons (Fsp3) is 0.333. The SMILES string of the molecule is CN1CC(=O)N(OCc2ccccc2)C(=O)N1C. The summed E-state index contributed by atoms with van der Waals surface area (Å²) < 4.78 is 0. The van der Waals surface area contributed by atoms with Gasteiger partial charge in [-0.1, -0.05) is 30.3 Å². The van der Waals surface area contributed by atoms with Crippen molar-refractivity contribution in [1.29, 1.82) is 0 Å². The van der Waals surface area contributed by atoms with E-state index >= 15 is 0 Å². The molecule has 1 aliphatic heterocycles. The number of amides is 3. The number of carbonyl (C=O) groups is 2. The summed E-state index contributed by atoms with van der Waals surface area (Å²) in [5.41, 5.74) is 0.902. The average Bonchev–Trinajstić information content (AvgIpc) is 2.37. The Kier molecular flexibility index (Phi) is 3.59. The van der Waals surface area contributed by atoms with Crippen LogP contribution in [0, 0.1) is 0 Å². The van der Waals surface area contributed by atoms with Crippen LogP contribution in [0.1, 0.15) is 5.56 Å². The Labute approximate surface area is 105 Å². The summed E-state index contributed by atoms with van der Waals surface area (Å²) >= 11 is 0. The molecule has 0 spiro atoms. The fourth-order valence-corrected chi connectivity index (χ4v) is 1.59. The van der Waals surface area contributed by atoms with E-state index in [-0.39, 0.29) is 19.1 Å². The summed E-state index contributed by atoms with van der Waals surface area (Å²) in [6, 6.07) is 8.90. The second-order valence-electron chi connectivity index (χ2n) is 4.07. The van der Waals surface area contributed by atoms with Gasteiger partial charge >= 0.3 is 6.03 Å². The zero-order valence-corrected chi connectivity index (χ0v) is 10.4. The van der Waals surface area contributed by atoms with E-state index in [1.165, 1.54) is 10.0 Å². The molecule has 1 fully saturated rings. The first kappa shape index (κ1) is 12.5. The van der Waals surface area contributed by atoms with Gasteiger partial charge in [0.25, 0.3) is 5.91 Å². The Morgan fingerprint density at radius 1 is 1.17 bits per heavy atom. The van der Waals surface area contributed by atoms with E-state index in [1.54, 1.807) is 14.1 Å². The summed E-state index contributed by atoms with van der Waals surface area (Å²) in [5, 5.41) is 3.69. The van der Waals surface area contributed by atoms with Gasteiger partial charge in [0.05, 0.1) is 6.54 Å². The molecule has 2 rings (SSSR count). The van der Waals surface area contributed by atoms with E-state index in [0.29, 0.717) is 0 Å². The van der Waals surface area contributed by atoms with Crippen LogP contribution >= 0.6 is 0 Å². The van der Waals surface area contributed by atoms with Crippen molar-refractivity contribution in [2.45, 2.75) is 6.61 Å². The molecular formula is C12H15N3O3. The van der Waals surface area contributed by atoms with Crippen molar-refractivity contribution in [3.63, 3.8) is 0 Å². The minimum atomic E-state index is -0.482. The van der Waals surface area contributed by atoms with Crippen LogP contribution in [0.2, 0.25) is 0 Å². The van der Waals surface area contributed by atoms with E-state index in [9.17, 15) is 9.59 Å². The number of hydrazine groups is 1. The molecule has 0 atom stereocenters. The van der Waals surface area contributed by atoms with Crippen LogP contribution in [0.3, 0.4) is 0 Å². The lowest BCUT2D eigenvalue weighted by atomic mass is 10.2. The van der Waals surface area contributed by atoms with Crippen molar-refractivity contribution >= 4 is 11.9 Å². The largest absolute Gasteiger partial charge is 0.365 e. The van der Waals surface area contributed by atoms with Crippen LogP contribution in [-0.4, -0.2) is 47.7 Å². The highest BCUT2D eigenvalue weighted by atomic mass is 16.7. The van der Waals surface area contributed by atoms with Crippen LogP contribution in [0.4, 0.5) is 4.79 Å². The van der Waals surface area contributed by atoms with Gasteiger partial charge in [-0.3, -0.25) is 14.6 Å². The normalized spacial score (nSPS) is 17.4. The molecule has 1 aromatic rings. The van der Waals surface area contributed by atoms with Gasteiger partial charge in [-0.2, -0.15) is 0 Å². The zero-order valence-electron chi connectivity index (χ0n) is 10.4. The predicted molar refractivity (Wildman–Crippen MR) is 63.9 cm³/mol. The van der Waals surface area contributed by atoms with Crippen LogP contribution < -0.4 is 0 Å². The van der Waals surface area contributed by atoms with Crippen molar-refractivity contribution in [3.05, 3.63) is 35.9 Å². The number of imide groups is 1. The summed E-state index contributed by atoms with van der Waals surface area (Å²) in [6.45, 7) is 0.312. The number of likely N-dealkylation sites (N-methyl/N-ethyl adjacent to an activating group) is 1. The molecule has 1 saturated heterocycles. The van der Waals surface area contributed by atoms with Crippen molar-refractivity contribution in [1.82, 2.24) is 15.1 Å². The number of urea groups is 1. The Morgan fingerprint density at radius 2 is 1.83 bits per heavy atom. The molecule has 0 bridgehead atoms. The highest BCUT2D eigenvalue weighted by Crippen LogP contribution is 2.11. The molecule has 0 aliphatic carbocycles. The second-order valence-corrected chi connectivity index (χ2v) is 4.07.